The molecule has 2 heterocycles. The van der Waals surface area contributed by atoms with Crippen LogP contribution in [0, 0.1) is 0 Å². The molecule has 1 unspecified atom stereocenters. The Morgan fingerprint density at radius 3 is 2.58 bits per heavy atom. The predicted molar refractivity (Wildman–Crippen MR) is 100 cm³/mol. The Balaban J connectivity index is 2.02. The molecule has 0 fully saturated rings. The lowest BCUT2D eigenvalue weighted by Crippen LogP contribution is -2.27. The largest absolute Gasteiger partial charge is 0.493 e. The van der Waals surface area contributed by atoms with Gasteiger partial charge in [0.25, 0.3) is 5.91 Å². The molecular weight excluding hydrogens is 354 g/mol. The van der Waals surface area contributed by atoms with Crippen molar-refractivity contribution in [3.63, 3.8) is 0 Å². The van der Waals surface area contributed by atoms with Gasteiger partial charge in [0.05, 0.1) is 42.5 Å². The maximum atomic E-state index is 13.0. The second-order valence-electron chi connectivity index (χ2n) is 7.08. The summed E-state index contributed by atoms with van der Waals surface area (Å²) in [7, 11) is 2.04. The Morgan fingerprint density at radius 1 is 1.23 bits per heavy atom. The zero-order valence-corrected chi connectivity index (χ0v) is 16.4. The zero-order chi connectivity index (χ0) is 19.1. The molecule has 8 heteroatoms. The van der Waals surface area contributed by atoms with Crippen molar-refractivity contribution in [1.29, 1.82) is 0 Å². The molecule has 26 heavy (non-hydrogen) atoms. The van der Waals surface area contributed by atoms with E-state index in [9.17, 15) is 9.00 Å². The summed E-state index contributed by atoms with van der Waals surface area (Å²) in [5.41, 5.74) is 1.66. The Morgan fingerprint density at radius 2 is 1.96 bits per heavy atom. The number of para-hydroxylation sites is 1. The topological polar surface area (TPSA) is 82.5 Å². The molecular formula is C18H23N3O4S. The molecule has 0 aliphatic carbocycles. The molecule has 0 bridgehead atoms. The van der Waals surface area contributed by atoms with Gasteiger partial charge in [-0.2, -0.15) is 5.10 Å². The van der Waals surface area contributed by atoms with Crippen LogP contribution in [0.3, 0.4) is 0 Å². The number of aromatic nitrogens is 2. The maximum Gasteiger partial charge on any atom is 0.260 e. The van der Waals surface area contributed by atoms with Crippen molar-refractivity contribution in [2.45, 2.75) is 37.8 Å². The summed E-state index contributed by atoms with van der Waals surface area (Å²) in [5, 5.41) is 7.54. The minimum Gasteiger partial charge on any atom is -0.493 e. The number of fused-ring (bicyclic) bond motifs is 1. The van der Waals surface area contributed by atoms with E-state index in [1.165, 1.54) is 14.2 Å². The Hall–Kier alpha value is -2.35. The SMILES string of the molecule is COc1cccc(C(=O)Nc2c3c(nn2C(C)(C)C)CS(=O)C3)c1OC. The molecule has 0 saturated heterocycles. The standard InChI is InChI=1S/C18H23N3O4S/c1-18(2,3)21-16(12-9-26(23)10-13(12)20-21)19-17(22)11-7-6-8-14(24-4)15(11)25-5/h6-8H,9-10H2,1-5H3,(H,19,22). The number of carbonyl (C=O) groups is 1. The van der Waals surface area contributed by atoms with Gasteiger partial charge in [-0.1, -0.05) is 6.07 Å². The van der Waals surface area contributed by atoms with E-state index >= 15 is 0 Å². The van der Waals surface area contributed by atoms with E-state index in [1.54, 1.807) is 22.9 Å². The molecule has 0 spiro atoms. The first-order chi connectivity index (χ1) is 12.3. The van der Waals surface area contributed by atoms with Gasteiger partial charge in [-0.25, -0.2) is 4.68 Å². The smallest absolute Gasteiger partial charge is 0.260 e. The Labute approximate surface area is 155 Å². The lowest BCUT2D eigenvalue weighted by Gasteiger charge is -2.23. The molecule has 0 radical (unpaired) electrons. The van der Waals surface area contributed by atoms with E-state index < -0.39 is 10.8 Å². The summed E-state index contributed by atoms with van der Waals surface area (Å²) in [5.74, 6) is 1.94. The second-order valence-corrected chi connectivity index (χ2v) is 8.54. The third-order valence-corrected chi connectivity index (χ3v) is 5.39. The number of benzene rings is 1. The van der Waals surface area contributed by atoms with Crippen LogP contribution in [0.4, 0.5) is 5.82 Å². The molecule has 3 rings (SSSR count). The van der Waals surface area contributed by atoms with E-state index in [4.69, 9.17) is 9.47 Å². The summed E-state index contributed by atoms with van der Waals surface area (Å²) >= 11 is 0. The first kappa shape index (κ1) is 18.4. The summed E-state index contributed by atoms with van der Waals surface area (Å²) < 4.78 is 24.3. The predicted octanol–water partition coefficient (Wildman–Crippen LogP) is 2.67. The highest BCUT2D eigenvalue weighted by Gasteiger charge is 2.32. The molecule has 1 N–H and O–H groups in total. The number of nitrogens with one attached hydrogen (secondary N) is 1. The first-order valence-corrected chi connectivity index (χ1v) is 9.73. The van der Waals surface area contributed by atoms with Gasteiger partial charge in [-0.05, 0) is 32.9 Å². The first-order valence-electron chi connectivity index (χ1n) is 8.24. The van der Waals surface area contributed by atoms with Crippen molar-refractivity contribution in [2.24, 2.45) is 0 Å². The lowest BCUT2D eigenvalue weighted by atomic mass is 10.1. The zero-order valence-electron chi connectivity index (χ0n) is 15.6. The number of ether oxygens (including phenoxy) is 2. The molecule has 0 saturated carbocycles. The van der Waals surface area contributed by atoms with Gasteiger partial charge < -0.3 is 14.8 Å². The number of hydrogen-bond acceptors (Lipinski definition) is 5. The number of hydrogen-bond donors (Lipinski definition) is 1. The van der Waals surface area contributed by atoms with E-state index in [2.05, 4.69) is 10.4 Å². The highest BCUT2D eigenvalue weighted by molar-refractivity contribution is 7.83. The van der Waals surface area contributed by atoms with Gasteiger partial charge >= 0.3 is 0 Å². The monoisotopic (exact) mass is 377 g/mol. The summed E-state index contributed by atoms with van der Waals surface area (Å²) in [6, 6.07) is 5.14. The number of methoxy groups -OCH3 is 2. The van der Waals surface area contributed by atoms with E-state index in [1.807, 2.05) is 20.8 Å². The Bertz CT molecular complexity index is 883. The van der Waals surface area contributed by atoms with Crippen LogP contribution in [0.15, 0.2) is 18.2 Å². The third-order valence-electron chi connectivity index (χ3n) is 4.18. The molecule has 1 aliphatic rings. The molecule has 2 aromatic rings. The summed E-state index contributed by atoms with van der Waals surface area (Å²) in [6.45, 7) is 6.02. The summed E-state index contributed by atoms with van der Waals surface area (Å²) in [6.07, 6.45) is 0. The lowest BCUT2D eigenvalue weighted by molar-refractivity contribution is 0.102. The fraction of sp³-hybridized carbons (Fsp3) is 0.444. The van der Waals surface area contributed by atoms with Crippen molar-refractivity contribution in [3.05, 3.63) is 35.0 Å². The third kappa shape index (κ3) is 3.21. The van der Waals surface area contributed by atoms with Gasteiger partial charge in [0.15, 0.2) is 11.5 Å². The number of carbonyl (C=O) groups excluding carboxylic acids is 1. The quantitative estimate of drug-likeness (QED) is 0.886. The normalized spacial score (nSPS) is 16.3. The fourth-order valence-electron chi connectivity index (χ4n) is 2.98. The van der Waals surface area contributed by atoms with Crippen LogP contribution >= 0.6 is 0 Å². The van der Waals surface area contributed by atoms with E-state index in [-0.39, 0.29) is 11.4 Å². The van der Waals surface area contributed by atoms with Gasteiger partial charge in [0.2, 0.25) is 0 Å². The van der Waals surface area contributed by atoms with Gasteiger partial charge in [-0.3, -0.25) is 9.00 Å². The van der Waals surface area contributed by atoms with Crippen LogP contribution in [0.2, 0.25) is 0 Å². The van der Waals surface area contributed by atoms with Gasteiger partial charge in [-0.15, -0.1) is 0 Å². The van der Waals surface area contributed by atoms with Crippen LogP contribution in [0.1, 0.15) is 42.4 Å². The molecule has 1 aliphatic heterocycles. The van der Waals surface area contributed by atoms with Crippen LogP contribution in [0.25, 0.3) is 0 Å². The molecule has 1 aromatic heterocycles. The number of nitrogens with zero attached hydrogens (tertiary/aromatic N) is 2. The van der Waals surface area contributed by atoms with Crippen LogP contribution < -0.4 is 14.8 Å². The molecule has 1 atom stereocenters. The Kier molecular flexibility index (Phi) is 4.79. The maximum absolute atomic E-state index is 13.0. The highest BCUT2D eigenvalue weighted by Crippen LogP contribution is 2.35. The number of anilines is 1. The molecule has 7 nitrogen and oxygen atoms in total. The molecule has 1 amide bonds. The van der Waals surface area contributed by atoms with Crippen molar-refractivity contribution < 1.29 is 18.5 Å². The highest BCUT2D eigenvalue weighted by atomic mass is 32.2. The fourth-order valence-corrected chi connectivity index (χ4v) is 4.25. The van der Waals surface area contributed by atoms with Crippen LogP contribution in [-0.2, 0) is 27.8 Å². The molecule has 140 valence electrons. The van der Waals surface area contributed by atoms with Crippen LogP contribution in [0.5, 0.6) is 11.5 Å². The van der Waals surface area contributed by atoms with Gasteiger partial charge in [0.1, 0.15) is 5.82 Å². The second kappa shape index (κ2) is 6.75. The number of amides is 1. The summed E-state index contributed by atoms with van der Waals surface area (Å²) in [4.78, 5) is 13.0. The molecule has 1 aromatic carbocycles. The number of rotatable bonds is 4. The minimum atomic E-state index is -0.976. The van der Waals surface area contributed by atoms with Crippen molar-refractivity contribution >= 4 is 22.5 Å². The van der Waals surface area contributed by atoms with Crippen molar-refractivity contribution in [1.82, 2.24) is 9.78 Å². The van der Waals surface area contributed by atoms with Crippen molar-refractivity contribution in [2.75, 3.05) is 19.5 Å². The van der Waals surface area contributed by atoms with E-state index in [0.717, 1.165) is 11.3 Å². The minimum absolute atomic E-state index is 0.326. The average Bonchev–Trinajstić information content (AvgIpc) is 3.10. The average molecular weight is 377 g/mol. The van der Waals surface area contributed by atoms with Gasteiger partial charge in [0, 0.05) is 16.4 Å². The van der Waals surface area contributed by atoms with E-state index in [0.29, 0.717) is 34.4 Å². The van der Waals surface area contributed by atoms with Crippen LogP contribution in [-0.4, -0.2) is 34.1 Å². The van der Waals surface area contributed by atoms with Crippen molar-refractivity contribution in [3.8, 4) is 11.5 Å².